The van der Waals surface area contributed by atoms with E-state index in [0.717, 1.165) is 39.1 Å². The monoisotopic (exact) mass is 297 g/mol. The van der Waals surface area contributed by atoms with Gasteiger partial charge in [0.2, 0.25) is 0 Å². The molecule has 0 bridgehead atoms. The summed E-state index contributed by atoms with van der Waals surface area (Å²) < 4.78 is 0. The largest absolute Gasteiger partial charge is 0.480 e. The Hall–Kier alpha value is -0.650. The summed E-state index contributed by atoms with van der Waals surface area (Å²) in [7, 11) is 0. The molecule has 0 aromatic rings. The van der Waals surface area contributed by atoms with Gasteiger partial charge in [-0.2, -0.15) is 0 Å². The van der Waals surface area contributed by atoms with Crippen LogP contribution in [0.2, 0.25) is 0 Å². The fourth-order valence-corrected chi connectivity index (χ4v) is 3.48. The Balaban J connectivity index is 1.82. The molecular formula is C16H31N3O2. The highest BCUT2D eigenvalue weighted by Gasteiger charge is 2.34. The average Bonchev–Trinajstić information content (AvgIpc) is 2.50. The van der Waals surface area contributed by atoms with Crippen LogP contribution in [0.3, 0.4) is 0 Å². The van der Waals surface area contributed by atoms with E-state index in [1.54, 1.807) is 0 Å². The Morgan fingerprint density at radius 1 is 1.33 bits per heavy atom. The quantitative estimate of drug-likeness (QED) is 0.744. The molecule has 2 N–H and O–H groups in total. The van der Waals surface area contributed by atoms with Crippen molar-refractivity contribution in [2.75, 3.05) is 39.3 Å². The Morgan fingerprint density at radius 3 is 2.86 bits per heavy atom. The zero-order valence-corrected chi connectivity index (χ0v) is 13.6. The van der Waals surface area contributed by atoms with Gasteiger partial charge in [-0.1, -0.05) is 13.3 Å². The van der Waals surface area contributed by atoms with Crippen molar-refractivity contribution in [2.24, 2.45) is 0 Å². The zero-order chi connectivity index (χ0) is 15.3. The molecule has 0 aromatic heterocycles. The molecule has 0 amide bonds. The number of nitrogens with one attached hydrogen (secondary N) is 1. The molecular weight excluding hydrogens is 266 g/mol. The van der Waals surface area contributed by atoms with E-state index in [4.69, 9.17) is 0 Å². The van der Waals surface area contributed by atoms with Crippen molar-refractivity contribution in [3.05, 3.63) is 0 Å². The molecule has 2 atom stereocenters. The van der Waals surface area contributed by atoms with Crippen molar-refractivity contribution >= 4 is 5.97 Å². The third-order valence-electron chi connectivity index (χ3n) is 5.09. The summed E-state index contributed by atoms with van der Waals surface area (Å²) in [5.41, 5.74) is -0.792. The first kappa shape index (κ1) is 16.7. The van der Waals surface area contributed by atoms with Gasteiger partial charge in [-0.3, -0.25) is 9.69 Å². The van der Waals surface area contributed by atoms with Crippen LogP contribution in [0.25, 0.3) is 0 Å². The number of carboxylic acid groups (broad SMARTS) is 1. The van der Waals surface area contributed by atoms with Gasteiger partial charge in [0.05, 0.1) is 0 Å². The van der Waals surface area contributed by atoms with Crippen LogP contribution in [0.4, 0.5) is 0 Å². The Labute approximate surface area is 128 Å². The first-order chi connectivity index (χ1) is 10.0. The highest BCUT2D eigenvalue weighted by molar-refractivity contribution is 5.78. The molecule has 2 fully saturated rings. The van der Waals surface area contributed by atoms with Crippen LogP contribution in [0.15, 0.2) is 0 Å². The Kier molecular flexibility index (Phi) is 6.02. The van der Waals surface area contributed by atoms with E-state index < -0.39 is 11.5 Å². The van der Waals surface area contributed by atoms with E-state index in [0.29, 0.717) is 12.5 Å². The van der Waals surface area contributed by atoms with E-state index in [9.17, 15) is 9.90 Å². The number of nitrogens with zero attached hydrogens (tertiary/aromatic N) is 2. The first-order valence-electron chi connectivity index (χ1n) is 8.50. The topological polar surface area (TPSA) is 55.8 Å². The molecule has 2 rings (SSSR count). The number of piperazine rings is 1. The molecule has 0 aliphatic carbocycles. The third kappa shape index (κ3) is 4.41. The highest BCUT2D eigenvalue weighted by Crippen LogP contribution is 2.22. The van der Waals surface area contributed by atoms with E-state index >= 15 is 0 Å². The maximum absolute atomic E-state index is 11.5. The minimum atomic E-state index is -0.792. The maximum Gasteiger partial charge on any atom is 0.323 e. The highest BCUT2D eigenvalue weighted by atomic mass is 16.4. The molecule has 2 heterocycles. The van der Waals surface area contributed by atoms with Crippen LogP contribution in [-0.4, -0.2) is 71.7 Å². The van der Waals surface area contributed by atoms with Gasteiger partial charge in [0, 0.05) is 32.2 Å². The molecule has 0 radical (unpaired) electrons. The number of carbonyl (C=O) groups is 1. The number of rotatable bonds is 7. The number of hydrogen-bond donors (Lipinski definition) is 2. The van der Waals surface area contributed by atoms with Gasteiger partial charge < -0.3 is 15.3 Å². The molecule has 2 saturated heterocycles. The lowest BCUT2D eigenvalue weighted by molar-refractivity contribution is -0.144. The lowest BCUT2D eigenvalue weighted by Gasteiger charge is -2.44. The summed E-state index contributed by atoms with van der Waals surface area (Å²) >= 11 is 0. The summed E-state index contributed by atoms with van der Waals surface area (Å²) in [6, 6.07) is 0.701. The molecule has 0 aromatic carbocycles. The third-order valence-corrected chi connectivity index (χ3v) is 5.09. The van der Waals surface area contributed by atoms with Gasteiger partial charge >= 0.3 is 5.97 Å². The Bertz CT molecular complexity index is 350. The van der Waals surface area contributed by atoms with Crippen molar-refractivity contribution in [2.45, 2.75) is 57.5 Å². The van der Waals surface area contributed by atoms with Gasteiger partial charge in [0.25, 0.3) is 0 Å². The standard InChI is InChI=1S/C16H31N3O2/c1-3-8-17-16(2,15(20)21)7-10-18-11-12-19-9-5-4-6-14(19)13-18/h14,17H,3-13H2,1-2H3,(H,20,21). The van der Waals surface area contributed by atoms with Gasteiger partial charge in [-0.15, -0.1) is 0 Å². The molecule has 2 unspecified atom stereocenters. The second-order valence-corrected chi connectivity index (χ2v) is 6.80. The smallest absolute Gasteiger partial charge is 0.323 e. The van der Waals surface area contributed by atoms with E-state index in [1.165, 1.54) is 25.8 Å². The predicted octanol–water partition coefficient (Wildman–Crippen LogP) is 1.39. The molecule has 21 heavy (non-hydrogen) atoms. The Morgan fingerprint density at radius 2 is 2.14 bits per heavy atom. The van der Waals surface area contributed by atoms with Crippen LogP contribution in [-0.2, 0) is 4.79 Å². The van der Waals surface area contributed by atoms with Gasteiger partial charge in [-0.25, -0.2) is 0 Å². The second kappa shape index (κ2) is 7.56. The molecule has 5 nitrogen and oxygen atoms in total. The fourth-order valence-electron chi connectivity index (χ4n) is 3.48. The van der Waals surface area contributed by atoms with Crippen LogP contribution in [0.5, 0.6) is 0 Å². The first-order valence-corrected chi connectivity index (χ1v) is 8.50. The number of piperidine rings is 1. The molecule has 0 saturated carbocycles. The SMILES string of the molecule is CCCNC(C)(CCN1CCN2CCCCC2C1)C(=O)O. The van der Waals surface area contributed by atoms with E-state index in [-0.39, 0.29) is 0 Å². The minimum absolute atomic E-state index is 0.676. The van der Waals surface area contributed by atoms with Crippen LogP contribution < -0.4 is 5.32 Å². The second-order valence-electron chi connectivity index (χ2n) is 6.80. The van der Waals surface area contributed by atoms with E-state index in [2.05, 4.69) is 22.0 Å². The predicted molar refractivity (Wildman–Crippen MR) is 84.6 cm³/mol. The van der Waals surface area contributed by atoms with Crippen molar-refractivity contribution in [1.82, 2.24) is 15.1 Å². The summed E-state index contributed by atoms with van der Waals surface area (Å²) in [6.45, 7) is 10.1. The molecule has 122 valence electrons. The minimum Gasteiger partial charge on any atom is -0.480 e. The molecule has 2 aliphatic heterocycles. The lowest BCUT2D eigenvalue weighted by atomic mass is 9.95. The van der Waals surface area contributed by atoms with Gasteiger partial charge in [-0.05, 0) is 45.7 Å². The van der Waals surface area contributed by atoms with Crippen molar-refractivity contribution < 1.29 is 9.90 Å². The van der Waals surface area contributed by atoms with Crippen molar-refractivity contribution in [3.8, 4) is 0 Å². The number of carboxylic acids is 1. The van der Waals surface area contributed by atoms with Crippen LogP contribution in [0, 0.1) is 0 Å². The number of hydrogen-bond acceptors (Lipinski definition) is 4. The van der Waals surface area contributed by atoms with Gasteiger partial charge in [0.15, 0.2) is 0 Å². The fraction of sp³-hybridized carbons (Fsp3) is 0.938. The summed E-state index contributed by atoms with van der Waals surface area (Å²) in [6.07, 6.45) is 5.63. The normalized spacial score (nSPS) is 27.0. The maximum atomic E-state index is 11.5. The van der Waals surface area contributed by atoms with Crippen LogP contribution in [0.1, 0.15) is 46.0 Å². The van der Waals surface area contributed by atoms with Crippen molar-refractivity contribution in [1.29, 1.82) is 0 Å². The van der Waals surface area contributed by atoms with E-state index in [1.807, 2.05) is 6.92 Å². The molecule has 2 aliphatic rings. The number of aliphatic carboxylic acids is 1. The summed E-state index contributed by atoms with van der Waals surface area (Å²) in [4.78, 5) is 16.6. The summed E-state index contributed by atoms with van der Waals surface area (Å²) in [5, 5.41) is 12.7. The molecule has 0 spiro atoms. The van der Waals surface area contributed by atoms with Gasteiger partial charge in [0.1, 0.15) is 5.54 Å². The summed E-state index contributed by atoms with van der Waals surface area (Å²) in [5.74, 6) is -0.729. The average molecular weight is 297 g/mol. The lowest BCUT2D eigenvalue weighted by Crippen LogP contribution is -2.57. The zero-order valence-electron chi connectivity index (χ0n) is 13.6. The van der Waals surface area contributed by atoms with Crippen molar-refractivity contribution in [3.63, 3.8) is 0 Å². The number of fused-ring (bicyclic) bond motifs is 1. The van der Waals surface area contributed by atoms with Crippen LogP contribution >= 0.6 is 0 Å². The molecule has 5 heteroatoms.